The van der Waals surface area contributed by atoms with Gasteiger partial charge in [0.15, 0.2) is 5.88 Å². The Morgan fingerprint density at radius 3 is 2.88 bits per heavy atom. The molecule has 0 aromatic carbocycles. The van der Waals surface area contributed by atoms with E-state index >= 15 is 0 Å². The van der Waals surface area contributed by atoms with Crippen molar-refractivity contribution in [1.29, 1.82) is 0 Å². The molecule has 2 aromatic heterocycles. The summed E-state index contributed by atoms with van der Waals surface area (Å²) in [5, 5.41) is 18.5. The van der Waals surface area contributed by atoms with Gasteiger partial charge in [0, 0.05) is 30.5 Å². The largest absolute Gasteiger partial charge is 0.544 e. The van der Waals surface area contributed by atoms with Crippen molar-refractivity contribution in [2.45, 2.75) is 37.8 Å². The fourth-order valence-electron chi connectivity index (χ4n) is 2.54. The Morgan fingerprint density at radius 2 is 2.21 bits per heavy atom. The average Bonchev–Trinajstić information content (AvgIpc) is 3.24. The molecule has 24 heavy (non-hydrogen) atoms. The molecule has 1 aliphatic rings. The average molecular weight is 347 g/mol. The molecule has 2 aromatic rings. The first-order valence-corrected chi connectivity index (χ1v) is 8.84. The Bertz CT molecular complexity index is 731. The topological polar surface area (TPSA) is 98.1 Å². The molecule has 1 saturated heterocycles. The van der Waals surface area contributed by atoms with Crippen LogP contribution in [0.3, 0.4) is 0 Å². The van der Waals surface area contributed by atoms with Crippen LogP contribution in [0.4, 0.5) is 5.88 Å². The van der Waals surface area contributed by atoms with E-state index in [4.69, 9.17) is 4.42 Å². The van der Waals surface area contributed by atoms with Gasteiger partial charge in [0.1, 0.15) is 11.6 Å². The van der Waals surface area contributed by atoms with E-state index in [1.54, 1.807) is 6.07 Å². The highest BCUT2D eigenvalue weighted by molar-refractivity contribution is 8.04. The molecule has 0 spiro atoms. The molecular weight excluding hydrogens is 328 g/mol. The minimum atomic E-state index is -1.28. The number of carboxylic acid groups (broad SMARTS) is 1. The molecule has 1 N–H and O–H groups in total. The van der Waals surface area contributed by atoms with E-state index in [9.17, 15) is 9.90 Å². The van der Waals surface area contributed by atoms with E-state index in [0.29, 0.717) is 23.2 Å². The van der Waals surface area contributed by atoms with Crippen molar-refractivity contribution < 1.29 is 14.3 Å². The molecule has 0 saturated carbocycles. The highest BCUT2D eigenvalue weighted by atomic mass is 32.2. The Labute approximate surface area is 144 Å². The number of rotatable bonds is 6. The first-order valence-electron chi connectivity index (χ1n) is 8.02. The number of carbonyl (C=O) groups excluding carboxylic acids is 1. The summed E-state index contributed by atoms with van der Waals surface area (Å²) in [4.78, 5) is 17.8. The summed E-state index contributed by atoms with van der Waals surface area (Å²) >= 11 is 0.945. The number of nitrogens with zero attached hydrogens (tertiary/aromatic N) is 3. The quantitative estimate of drug-likeness (QED) is 0.629. The van der Waals surface area contributed by atoms with Gasteiger partial charge in [-0.05, 0) is 43.2 Å². The number of aromatic amines is 1. The lowest BCUT2D eigenvalue weighted by Gasteiger charge is -2.25. The number of thioether (sulfide) groups is 1. The Hall–Kier alpha value is -2.22. The molecule has 3 heterocycles. The van der Waals surface area contributed by atoms with Crippen molar-refractivity contribution in [3.05, 3.63) is 28.6 Å². The van der Waals surface area contributed by atoms with E-state index in [-0.39, 0.29) is 4.91 Å². The van der Waals surface area contributed by atoms with E-state index < -0.39 is 5.97 Å². The maximum atomic E-state index is 11.4. The standard InChI is InChI=1S/C16H20N4O3S/c1-2-13-17-16(19-18-13)24-12(15(21)22)10-11-6-7-14(23-11)20-8-4-3-5-9-20/h6-7,10H,2-5,8-9H2,1H3,(H,21,22)(H,17,18,19)/p-1/b12-10+. The van der Waals surface area contributed by atoms with E-state index in [1.807, 2.05) is 13.0 Å². The predicted molar refractivity (Wildman–Crippen MR) is 89.4 cm³/mol. The summed E-state index contributed by atoms with van der Waals surface area (Å²) in [5.41, 5.74) is 0. The zero-order valence-electron chi connectivity index (χ0n) is 13.4. The van der Waals surface area contributed by atoms with Crippen molar-refractivity contribution >= 4 is 29.7 Å². The molecule has 8 heteroatoms. The van der Waals surface area contributed by atoms with Crippen molar-refractivity contribution in [3.63, 3.8) is 0 Å². The molecule has 1 aliphatic heterocycles. The first-order chi connectivity index (χ1) is 11.7. The van der Waals surface area contributed by atoms with Gasteiger partial charge in [0.25, 0.3) is 0 Å². The number of nitrogens with one attached hydrogen (secondary N) is 1. The van der Waals surface area contributed by atoms with Gasteiger partial charge >= 0.3 is 0 Å². The normalized spacial score (nSPS) is 15.7. The van der Waals surface area contributed by atoms with Crippen molar-refractivity contribution in [1.82, 2.24) is 15.2 Å². The number of aryl methyl sites for hydroxylation is 1. The third-order valence-electron chi connectivity index (χ3n) is 3.80. The van der Waals surface area contributed by atoms with Crippen LogP contribution in [0.5, 0.6) is 0 Å². The fraction of sp³-hybridized carbons (Fsp3) is 0.438. The van der Waals surface area contributed by atoms with Crippen LogP contribution >= 0.6 is 11.8 Å². The minimum absolute atomic E-state index is 0.0104. The molecule has 0 atom stereocenters. The number of H-pyrrole nitrogens is 1. The lowest BCUT2D eigenvalue weighted by molar-refractivity contribution is -0.298. The second-order valence-corrected chi connectivity index (χ2v) is 6.55. The maximum absolute atomic E-state index is 11.4. The van der Waals surface area contributed by atoms with Gasteiger partial charge in [-0.3, -0.25) is 5.10 Å². The predicted octanol–water partition coefficient (Wildman–Crippen LogP) is 1.83. The number of anilines is 1. The smallest absolute Gasteiger partial charge is 0.213 e. The van der Waals surface area contributed by atoms with Gasteiger partial charge in [-0.15, -0.1) is 5.10 Å². The number of hydrogen-bond acceptors (Lipinski definition) is 7. The summed E-state index contributed by atoms with van der Waals surface area (Å²) in [6.45, 7) is 3.88. The van der Waals surface area contributed by atoms with Crippen LogP contribution in [0, 0.1) is 0 Å². The molecule has 0 amide bonds. The van der Waals surface area contributed by atoms with Crippen LogP contribution < -0.4 is 10.0 Å². The Balaban J connectivity index is 1.75. The third kappa shape index (κ3) is 4.00. The molecule has 0 unspecified atom stereocenters. The van der Waals surface area contributed by atoms with Crippen LogP contribution in [0.25, 0.3) is 6.08 Å². The molecule has 7 nitrogen and oxygen atoms in total. The molecule has 128 valence electrons. The number of carboxylic acids is 1. The molecule has 3 rings (SSSR count). The van der Waals surface area contributed by atoms with Gasteiger partial charge in [0.05, 0.1) is 5.97 Å². The number of hydrogen-bond donors (Lipinski definition) is 1. The zero-order chi connectivity index (χ0) is 16.9. The van der Waals surface area contributed by atoms with Gasteiger partial charge in [-0.1, -0.05) is 6.92 Å². The van der Waals surface area contributed by atoms with E-state index in [2.05, 4.69) is 20.1 Å². The van der Waals surface area contributed by atoms with Crippen LogP contribution in [0.15, 0.2) is 26.6 Å². The van der Waals surface area contributed by atoms with Crippen molar-refractivity contribution in [2.75, 3.05) is 18.0 Å². The SMILES string of the molecule is CCc1nc(S/C(=C/c2ccc(N3CCCCC3)o2)C(=O)[O-])n[nH]1. The number of aromatic nitrogens is 3. The fourth-order valence-corrected chi connectivity index (χ4v) is 3.25. The molecule has 0 aliphatic carbocycles. The van der Waals surface area contributed by atoms with Crippen molar-refractivity contribution in [2.24, 2.45) is 0 Å². The second-order valence-electron chi connectivity index (χ2n) is 5.54. The summed E-state index contributed by atoms with van der Waals surface area (Å²) < 4.78 is 5.76. The second kappa shape index (κ2) is 7.57. The lowest BCUT2D eigenvalue weighted by atomic mass is 10.1. The molecule has 1 fully saturated rings. The zero-order valence-corrected chi connectivity index (χ0v) is 14.3. The number of piperidine rings is 1. The monoisotopic (exact) mass is 347 g/mol. The lowest BCUT2D eigenvalue weighted by Crippen LogP contribution is -2.28. The number of furan rings is 1. The first kappa shape index (κ1) is 16.6. The summed E-state index contributed by atoms with van der Waals surface area (Å²) in [6.07, 6.45) is 5.70. The Kier molecular flexibility index (Phi) is 5.24. The van der Waals surface area contributed by atoms with Gasteiger partial charge < -0.3 is 19.2 Å². The molecular formula is C16H19N4O3S-. The Morgan fingerprint density at radius 1 is 1.42 bits per heavy atom. The summed E-state index contributed by atoms with van der Waals surface area (Å²) in [6, 6.07) is 3.64. The number of carbonyl (C=O) groups is 1. The number of aliphatic carboxylic acids is 1. The summed E-state index contributed by atoms with van der Waals surface area (Å²) in [5.74, 6) is 0.683. The molecule has 0 radical (unpaired) electrons. The van der Waals surface area contributed by atoms with Crippen LogP contribution in [0.1, 0.15) is 37.8 Å². The van der Waals surface area contributed by atoms with E-state index in [1.165, 1.54) is 12.5 Å². The van der Waals surface area contributed by atoms with Gasteiger partial charge in [0.2, 0.25) is 5.16 Å². The highest BCUT2D eigenvalue weighted by Gasteiger charge is 2.15. The van der Waals surface area contributed by atoms with Gasteiger partial charge in [-0.25, -0.2) is 4.98 Å². The highest BCUT2D eigenvalue weighted by Crippen LogP contribution is 2.28. The van der Waals surface area contributed by atoms with Gasteiger partial charge in [-0.2, -0.15) is 0 Å². The van der Waals surface area contributed by atoms with E-state index in [0.717, 1.165) is 43.6 Å². The summed E-state index contributed by atoms with van der Waals surface area (Å²) in [7, 11) is 0. The van der Waals surface area contributed by atoms with Crippen LogP contribution in [-0.2, 0) is 11.2 Å². The van der Waals surface area contributed by atoms with Crippen molar-refractivity contribution in [3.8, 4) is 0 Å². The maximum Gasteiger partial charge on any atom is 0.213 e. The molecule has 0 bridgehead atoms. The van der Waals surface area contributed by atoms with Crippen LogP contribution in [0.2, 0.25) is 0 Å². The minimum Gasteiger partial charge on any atom is -0.544 e. The van der Waals surface area contributed by atoms with Crippen LogP contribution in [-0.4, -0.2) is 34.2 Å². The third-order valence-corrected chi connectivity index (χ3v) is 4.67.